The predicted octanol–water partition coefficient (Wildman–Crippen LogP) is 4.30. The molecule has 4 nitrogen and oxygen atoms in total. The van der Waals surface area contributed by atoms with Gasteiger partial charge < -0.3 is 10.1 Å². The van der Waals surface area contributed by atoms with Crippen LogP contribution in [0.5, 0.6) is 0 Å². The highest BCUT2D eigenvalue weighted by Crippen LogP contribution is 2.36. The van der Waals surface area contributed by atoms with Crippen LogP contribution in [-0.2, 0) is 13.0 Å². The number of fused-ring (bicyclic) bond motifs is 1. The molecular formula is C23H28FN3O. The van der Waals surface area contributed by atoms with Crippen LogP contribution in [0.25, 0.3) is 11.0 Å². The minimum atomic E-state index is -0.246. The maximum Gasteiger partial charge on any atom is 0.125 e. The SMILES string of the molecule is OCC1(CCCc2ccccc2)CCN(Cc2nc3ccc(F)cc3[nH]2)CC1. The van der Waals surface area contributed by atoms with Crippen LogP contribution in [0.1, 0.15) is 37.1 Å². The van der Waals surface area contributed by atoms with Crippen LogP contribution in [0.15, 0.2) is 48.5 Å². The van der Waals surface area contributed by atoms with Gasteiger partial charge in [-0.25, -0.2) is 9.37 Å². The van der Waals surface area contributed by atoms with E-state index < -0.39 is 0 Å². The lowest BCUT2D eigenvalue weighted by molar-refractivity contribution is 0.0323. The summed E-state index contributed by atoms with van der Waals surface area (Å²) in [4.78, 5) is 10.2. The Hall–Kier alpha value is -2.24. The van der Waals surface area contributed by atoms with Crippen molar-refractivity contribution in [1.82, 2.24) is 14.9 Å². The van der Waals surface area contributed by atoms with Crippen LogP contribution in [0.3, 0.4) is 0 Å². The summed E-state index contributed by atoms with van der Waals surface area (Å²) in [6, 6.07) is 15.2. The van der Waals surface area contributed by atoms with Crippen LogP contribution in [-0.4, -0.2) is 39.7 Å². The largest absolute Gasteiger partial charge is 0.396 e. The zero-order valence-electron chi connectivity index (χ0n) is 16.2. The number of nitrogens with one attached hydrogen (secondary N) is 1. The second kappa shape index (κ2) is 8.41. The standard InChI is InChI=1S/C23H28FN3O/c24-19-8-9-20-21(15-19)26-22(25-20)16-27-13-11-23(17-28,12-14-27)10-4-7-18-5-2-1-3-6-18/h1-3,5-6,8-9,15,28H,4,7,10-14,16-17H2,(H,25,26). The normalized spacial score (nSPS) is 17.2. The Morgan fingerprint density at radius 2 is 1.89 bits per heavy atom. The summed E-state index contributed by atoms with van der Waals surface area (Å²) in [6.45, 7) is 2.91. The van der Waals surface area contributed by atoms with Crippen molar-refractivity contribution in [3.63, 3.8) is 0 Å². The van der Waals surface area contributed by atoms with Gasteiger partial charge in [-0.2, -0.15) is 0 Å². The molecule has 148 valence electrons. The molecule has 1 aliphatic heterocycles. The van der Waals surface area contributed by atoms with E-state index in [-0.39, 0.29) is 17.8 Å². The van der Waals surface area contributed by atoms with Crippen LogP contribution >= 0.6 is 0 Å². The molecule has 2 heterocycles. The number of aliphatic hydroxyl groups excluding tert-OH is 1. The minimum Gasteiger partial charge on any atom is -0.396 e. The van der Waals surface area contributed by atoms with E-state index in [0.717, 1.165) is 68.6 Å². The number of imidazole rings is 1. The lowest BCUT2D eigenvalue weighted by atomic mass is 9.75. The molecule has 0 aliphatic carbocycles. The number of aromatic nitrogens is 2. The molecule has 4 rings (SSSR count). The van der Waals surface area contributed by atoms with Crippen molar-refractivity contribution in [3.8, 4) is 0 Å². The van der Waals surface area contributed by atoms with Crippen LogP contribution in [0.2, 0.25) is 0 Å². The average molecular weight is 381 g/mol. The number of likely N-dealkylation sites (tertiary alicyclic amines) is 1. The van der Waals surface area contributed by atoms with Gasteiger partial charge >= 0.3 is 0 Å². The highest BCUT2D eigenvalue weighted by atomic mass is 19.1. The van der Waals surface area contributed by atoms with Crippen LogP contribution in [0, 0.1) is 11.2 Å². The Balaban J connectivity index is 1.30. The van der Waals surface area contributed by atoms with Crippen LogP contribution < -0.4 is 0 Å². The quantitative estimate of drug-likeness (QED) is 0.642. The molecule has 0 unspecified atom stereocenters. The second-order valence-corrected chi connectivity index (χ2v) is 8.12. The second-order valence-electron chi connectivity index (χ2n) is 8.12. The fraction of sp³-hybridized carbons (Fsp3) is 0.435. The fourth-order valence-corrected chi connectivity index (χ4v) is 4.31. The smallest absolute Gasteiger partial charge is 0.125 e. The van der Waals surface area contributed by atoms with Gasteiger partial charge in [0.15, 0.2) is 0 Å². The Kier molecular flexibility index (Phi) is 5.74. The Bertz CT molecular complexity index is 901. The lowest BCUT2D eigenvalue weighted by Crippen LogP contribution is -2.41. The molecule has 1 aliphatic rings. The molecule has 0 radical (unpaired) electrons. The first-order valence-electron chi connectivity index (χ1n) is 10.2. The average Bonchev–Trinajstić information content (AvgIpc) is 3.11. The van der Waals surface area contributed by atoms with Crippen molar-refractivity contribution < 1.29 is 9.50 Å². The van der Waals surface area contributed by atoms with Gasteiger partial charge in [0.1, 0.15) is 11.6 Å². The molecular weight excluding hydrogens is 353 g/mol. The van der Waals surface area contributed by atoms with Gasteiger partial charge in [-0.15, -0.1) is 0 Å². The predicted molar refractivity (Wildman–Crippen MR) is 109 cm³/mol. The summed E-state index contributed by atoms with van der Waals surface area (Å²) in [5.74, 6) is 0.630. The molecule has 2 N–H and O–H groups in total. The Labute approximate surface area is 165 Å². The van der Waals surface area contributed by atoms with E-state index in [0.29, 0.717) is 0 Å². The molecule has 28 heavy (non-hydrogen) atoms. The molecule has 3 aromatic rings. The number of hydrogen-bond donors (Lipinski definition) is 2. The monoisotopic (exact) mass is 381 g/mol. The summed E-state index contributed by atoms with van der Waals surface area (Å²) in [5, 5.41) is 10.1. The van der Waals surface area contributed by atoms with Crippen molar-refractivity contribution in [3.05, 3.63) is 65.7 Å². The lowest BCUT2D eigenvalue weighted by Gasteiger charge is -2.40. The van der Waals surface area contributed by atoms with Crippen molar-refractivity contribution >= 4 is 11.0 Å². The number of rotatable bonds is 7. The maximum atomic E-state index is 13.4. The number of hydrogen-bond acceptors (Lipinski definition) is 3. The summed E-state index contributed by atoms with van der Waals surface area (Å²) in [6.07, 6.45) is 5.26. The van der Waals surface area contributed by atoms with E-state index in [2.05, 4.69) is 39.1 Å². The molecule has 0 amide bonds. The maximum absolute atomic E-state index is 13.4. The van der Waals surface area contributed by atoms with Gasteiger partial charge in [0.05, 0.1) is 17.6 Å². The van der Waals surface area contributed by atoms with Gasteiger partial charge in [-0.1, -0.05) is 30.3 Å². The summed E-state index contributed by atoms with van der Waals surface area (Å²) >= 11 is 0. The van der Waals surface area contributed by atoms with Gasteiger partial charge in [0.2, 0.25) is 0 Å². The molecule has 0 spiro atoms. The van der Waals surface area contributed by atoms with Crippen molar-refractivity contribution in [2.75, 3.05) is 19.7 Å². The number of aryl methyl sites for hydroxylation is 1. The molecule has 1 aromatic heterocycles. The van der Waals surface area contributed by atoms with E-state index in [1.54, 1.807) is 6.07 Å². The summed E-state index contributed by atoms with van der Waals surface area (Å²) in [5.41, 5.74) is 2.97. The number of H-pyrrole nitrogens is 1. The molecule has 0 saturated carbocycles. The zero-order chi connectivity index (χ0) is 19.4. The molecule has 0 atom stereocenters. The molecule has 1 fully saturated rings. The first kappa shape index (κ1) is 19.1. The highest BCUT2D eigenvalue weighted by molar-refractivity contribution is 5.74. The Morgan fingerprint density at radius 1 is 1.11 bits per heavy atom. The molecule has 5 heteroatoms. The van der Waals surface area contributed by atoms with Crippen molar-refractivity contribution in [2.45, 2.75) is 38.6 Å². The van der Waals surface area contributed by atoms with E-state index >= 15 is 0 Å². The van der Waals surface area contributed by atoms with E-state index in [4.69, 9.17) is 0 Å². The number of piperidine rings is 1. The van der Waals surface area contributed by atoms with Crippen LogP contribution in [0.4, 0.5) is 4.39 Å². The molecule has 1 saturated heterocycles. The van der Waals surface area contributed by atoms with Gasteiger partial charge in [-0.3, -0.25) is 4.90 Å². The third kappa shape index (κ3) is 4.42. The Morgan fingerprint density at radius 3 is 2.64 bits per heavy atom. The topological polar surface area (TPSA) is 52.1 Å². The fourth-order valence-electron chi connectivity index (χ4n) is 4.31. The van der Waals surface area contributed by atoms with E-state index in [1.807, 2.05) is 6.07 Å². The number of nitrogens with zero attached hydrogens (tertiary/aromatic N) is 2. The highest BCUT2D eigenvalue weighted by Gasteiger charge is 2.33. The van der Waals surface area contributed by atoms with Gasteiger partial charge in [0.25, 0.3) is 0 Å². The summed E-state index contributed by atoms with van der Waals surface area (Å²) in [7, 11) is 0. The minimum absolute atomic E-state index is 0.0439. The third-order valence-electron chi connectivity index (χ3n) is 6.13. The van der Waals surface area contributed by atoms with Gasteiger partial charge in [0, 0.05) is 6.61 Å². The van der Waals surface area contributed by atoms with E-state index in [9.17, 15) is 9.50 Å². The first-order chi connectivity index (χ1) is 13.7. The van der Waals surface area contributed by atoms with Gasteiger partial charge in [-0.05, 0) is 74.4 Å². The first-order valence-corrected chi connectivity index (χ1v) is 10.2. The van der Waals surface area contributed by atoms with Crippen molar-refractivity contribution in [2.24, 2.45) is 5.41 Å². The van der Waals surface area contributed by atoms with E-state index in [1.165, 1.54) is 17.7 Å². The molecule has 2 aromatic carbocycles. The third-order valence-corrected chi connectivity index (χ3v) is 6.13. The zero-order valence-corrected chi connectivity index (χ0v) is 16.2. The number of aliphatic hydroxyl groups is 1. The number of halogens is 1. The van der Waals surface area contributed by atoms with Crippen molar-refractivity contribution in [1.29, 1.82) is 0 Å². The number of benzene rings is 2. The molecule has 0 bridgehead atoms. The number of aromatic amines is 1. The summed E-state index contributed by atoms with van der Waals surface area (Å²) < 4.78 is 13.4.